The van der Waals surface area contributed by atoms with E-state index in [0.717, 1.165) is 21.3 Å². The third kappa shape index (κ3) is 3.83. The van der Waals surface area contributed by atoms with Gasteiger partial charge >= 0.3 is 0 Å². The Bertz CT molecular complexity index is 1130. The van der Waals surface area contributed by atoms with Crippen molar-refractivity contribution in [3.05, 3.63) is 76.0 Å². The van der Waals surface area contributed by atoms with Crippen LogP contribution < -0.4 is 10.9 Å². The van der Waals surface area contributed by atoms with Gasteiger partial charge in [0, 0.05) is 29.7 Å². The molecule has 2 N–H and O–H groups in total. The van der Waals surface area contributed by atoms with Crippen molar-refractivity contribution in [1.29, 1.82) is 0 Å². The molecule has 0 spiro atoms. The molecule has 0 bridgehead atoms. The minimum Gasteiger partial charge on any atom is -0.361 e. The van der Waals surface area contributed by atoms with Crippen LogP contribution in [0.15, 0.2) is 64.9 Å². The quantitative estimate of drug-likeness (QED) is 0.541. The van der Waals surface area contributed by atoms with E-state index in [9.17, 15) is 9.59 Å². The van der Waals surface area contributed by atoms with Gasteiger partial charge in [0.25, 0.3) is 5.56 Å². The molecular weight excluding hydrogens is 360 g/mol. The average Bonchev–Trinajstić information content (AvgIpc) is 3.34. The summed E-state index contributed by atoms with van der Waals surface area (Å²) in [5.74, 6) is -0.229. The zero-order chi connectivity index (χ0) is 18.6. The number of thiophene rings is 1. The van der Waals surface area contributed by atoms with Gasteiger partial charge in [0.1, 0.15) is 12.2 Å². The molecule has 0 fully saturated rings. The largest absolute Gasteiger partial charge is 0.361 e. The second kappa shape index (κ2) is 7.59. The van der Waals surface area contributed by atoms with Crippen LogP contribution in [0, 0.1) is 0 Å². The highest BCUT2D eigenvalue weighted by Crippen LogP contribution is 2.21. The fourth-order valence-electron chi connectivity index (χ4n) is 2.98. The summed E-state index contributed by atoms with van der Waals surface area (Å²) in [5.41, 5.74) is 2.64. The van der Waals surface area contributed by atoms with Gasteiger partial charge in [-0.25, -0.2) is 4.68 Å². The van der Waals surface area contributed by atoms with E-state index >= 15 is 0 Å². The summed E-state index contributed by atoms with van der Waals surface area (Å²) in [6.07, 6.45) is 2.68. The van der Waals surface area contributed by atoms with Gasteiger partial charge in [-0.3, -0.25) is 9.59 Å². The first-order valence-electron chi connectivity index (χ1n) is 8.64. The molecule has 7 heteroatoms. The van der Waals surface area contributed by atoms with Crippen LogP contribution in [-0.2, 0) is 17.8 Å². The van der Waals surface area contributed by atoms with Crippen LogP contribution in [0.4, 0.5) is 0 Å². The van der Waals surface area contributed by atoms with Crippen molar-refractivity contribution in [2.45, 2.75) is 13.0 Å². The first kappa shape index (κ1) is 17.2. The number of para-hydroxylation sites is 1. The lowest BCUT2D eigenvalue weighted by atomic mass is 10.1. The molecule has 0 saturated carbocycles. The van der Waals surface area contributed by atoms with E-state index in [-0.39, 0.29) is 18.0 Å². The third-order valence-corrected chi connectivity index (χ3v) is 5.22. The zero-order valence-corrected chi connectivity index (χ0v) is 15.3. The molecule has 0 radical (unpaired) electrons. The monoisotopic (exact) mass is 378 g/mol. The molecule has 1 amide bonds. The maximum atomic E-state index is 12.2. The molecule has 3 heterocycles. The molecule has 27 heavy (non-hydrogen) atoms. The molecular formula is C20H18N4O2S. The summed E-state index contributed by atoms with van der Waals surface area (Å²) in [7, 11) is 0. The van der Waals surface area contributed by atoms with Crippen molar-refractivity contribution >= 4 is 28.1 Å². The number of hydrogen-bond acceptors (Lipinski definition) is 4. The second-order valence-electron chi connectivity index (χ2n) is 6.15. The van der Waals surface area contributed by atoms with Crippen molar-refractivity contribution in [2.75, 3.05) is 6.54 Å². The minimum absolute atomic E-state index is 0.0913. The van der Waals surface area contributed by atoms with Gasteiger partial charge in [0.05, 0.1) is 4.88 Å². The van der Waals surface area contributed by atoms with Crippen molar-refractivity contribution < 1.29 is 4.79 Å². The summed E-state index contributed by atoms with van der Waals surface area (Å²) in [5, 5.41) is 10.3. The van der Waals surface area contributed by atoms with Crippen molar-refractivity contribution in [1.82, 2.24) is 20.1 Å². The first-order valence-corrected chi connectivity index (χ1v) is 9.52. The summed E-state index contributed by atoms with van der Waals surface area (Å²) in [6, 6.07) is 15.0. The predicted octanol–water partition coefficient (Wildman–Crippen LogP) is 2.81. The van der Waals surface area contributed by atoms with Crippen molar-refractivity contribution in [3.8, 4) is 10.6 Å². The Morgan fingerprint density at radius 3 is 2.89 bits per heavy atom. The Hall–Kier alpha value is -3.19. The summed E-state index contributed by atoms with van der Waals surface area (Å²) >= 11 is 1.54. The van der Waals surface area contributed by atoms with Crippen LogP contribution in [0.1, 0.15) is 5.56 Å². The lowest BCUT2D eigenvalue weighted by molar-refractivity contribution is -0.121. The molecule has 136 valence electrons. The van der Waals surface area contributed by atoms with E-state index in [1.54, 1.807) is 17.4 Å². The smallest absolute Gasteiger partial charge is 0.267 e. The number of benzene rings is 1. The van der Waals surface area contributed by atoms with Gasteiger partial charge in [-0.1, -0.05) is 24.3 Å². The fourth-order valence-corrected chi connectivity index (χ4v) is 3.68. The van der Waals surface area contributed by atoms with Gasteiger partial charge in [-0.05, 0) is 35.6 Å². The number of nitrogens with zero attached hydrogens (tertiary/aromatic N) is 2. The van der Waals surface area contributed by atoms with E-state index < -0.39 is 0 Å². The molecule has 0 atom stereocenters. The van der Waals surface area contributed by atoms with Crippen LogP contribution in [0.25, 0.3) is 21.5 Å². The maximum Gasteiger partial charge on any atom is 0.267 e. The average molecular weight is 378 g/mol. The maximum absolute atomic E-state index is 12.2. The number of carbonyl (C=O) groups excluding carboxylic acids is 1. The van der Waals surface area contributed by atoms with E-state index in [1.165, 1.54) is 10.7 Å². The van der Waals surface area contributed by atoms with Crippen LogP contribution in [-0.4, -0.2) is 27.2 Å². The number of rotatable bonds is 6. The number of H-pyrrole nitrogens is 1. The lowest BCUT2D eigenvalue weighted by Crippen LogP contribution is -2.34. The molecule has 3 aromatic heterocycles. The van der Waals surface area contributed by atoms with E-state index in [4.69, 9.17) is 0 Å². The Balaban J connectivity index is 1.38. The highest BCUT2D eigenvalue weighted by Gasteiger charge is 2.09. The van der Waals surface area contributed by atoms with Crippen LogP contribution >= 0.6 is 11.3 Å². The van der Waals surface area contributed by atoms with Gasteiger partial charge in [0.15, 0.2) is 0 Å². The van der Waals surface area contributed by atoms with Crippen LogP contribution in [0.2, 0.25) is 0 Å². The molecule has 4 aromatic rings. The standard InChI is InChI=1S/C20H18N4O2S/c25-19(21-10-9-14-12-22-16-5-2-1-4-15(14)16)13-24-20(26)8-7-17(23-24)18-6-3-11-27-18/h1-8,11-12,22H,9-10,13H2,(H,21,25). The molecule has 1 aromatic carbocycles. The molecule has 0 saturated heterocycles. The number of amides is 1. The van der Waals surface area contributed by atoms with E-state index in [1.807, 2.05) is 41.9 Å². The zero-order valence-electron chi connectivity index (χ0n) is 14.5. The number of fused-ring (bicyclic) bond motifs is 1. The Morgan fingerprint density at radius 1 is 1.15 bits per heavy atom. The molecule has 0 aliphatic carbocycles. The van der Waals surface area contributed by atoms with Gasteiger partial charge in [0.2, 0.25) is 5.91 Å². The number of nitrogens with one attached hydrogen (secondary N) is 2. The molecule has 0 aliphatic rings. The molecule has 4 rings (SSSR count). The molecule has 0 aliphatic heterocycles. The van der Waals surface area contributed by atoms with Gasteiger partial charge < -0.3 is 10.3 Å². The SMILES string of the molecule is O=C(Cn1nc(-c2cccs2)ccc1=O)NCCc1c[nH]c2ccccc12. The van der Waals surface area contributed by atoms with Crippen molar-refractivity contribution in [2.24, 2.45) is 0 Å². The summed E-state index contributed by atoms with van der Waals surface area (Å²) in [4.78, 5) is 28.4. The summed E-state index contributed by atoms with van der Waals surface area (Å²) < 4.78 is 1.20. The van der Waals surface area contributed by atoms with Crippen LogP contribution in [0.5, 0.6) is 0 Å². The highest BCUT2D eigenvalue weighted by atomic mass is 32.1. The van der Waals surface area contributed by atoms with E-state index in [2.05, 4.69) is 21.5 Å². The first-order chi connectivity index (χ1) is 13.2. The number of aromatic amines is 1. The Kier molecular flexibility index (Phi) is 4.84. The Labute approximate surface area is 159 Å². The fraction of sp³-hybridized carbons (Fsp3) is 0.150. The topological polar surface area (TPSA) is 79.8 Å². The third-order valence-electron chi connectivity index (χ3n) is 4.33. The second-order valence-corrected chi connectivity index (χ2v) is 7.10. The predicted molar refractivity (Wildman–Crippen MR) is 107 cm³/mol. The molecule has 6 nitrogen and oxygen atoms in total. The minimum atomic E-state index is -0.290. The highest BCUT2D eigenvalue weighted by molar-refractivity contribution is 7.13. The van der Waals surface area contributed by atoms with E-state index in [0.29, 0.717) is 18.7 Å². The summed E-state index contributed by atoms with van der Waals surface area (Å²) in [6.45, 7) is 0.409. The number of aromatic nitrogens is 3. The lowest BCUT2D eigenvalue weighted by Gasteiger charge is -2.07. The number of carbonyl (C=O) groups is 1. The van der Waals surface area contributed by atoms with Crippen molar-refractivity contribution in [3.63, 3.8) is 0 Å². The Morgan fingerprint density at radius 2 is 2.04 bits per heavy atom. The molecule has 0 unspecified atom stereocenters. The van der Waals surface area contributed by atoms with Gasteiger partial charge in [-0.15, -0.1) is 11.3 Å². The normalized spacial score (nSPS) is 11.0. The van der Waals surface area contributed by atoms with Gasteiger partial charge in [-0.2, -0.15) is 5.10 Å². The number of hydrogen-bond donors (Lipinski definition) is 2. The van der Waals surface area contributed by atoms with Crippen LogP contribution in [0.3, 0.4) is 0 Å².